The molecule has 0 saturated heterocycles. The van der Waals surface area contributed by atoms with E-state index in [0.29, 0.717) is 5.56 Å². The third-order valence-corrected chi connectivity index (χ3v) is 1.26. The third-order valence-electron chi connectivity index (χ3n) is 1.26. The molecule has 0 atom stereocenters. The normalized spacial score (nSPS) is 27.1. The van der Waals surface area contributed by atoms with E-state index in [2.05, 4.69) is 0 Å². The van der Waals surface area contributed by atoms with Gasteiger partial charge in [0.2, 0.25) is 0 Å². The van der Waals surface area contributed by atoms with Crippen LogP contribution in [-0.4, -0.2) is 25.4 Å². The summed E-state index contributed by atoms with van der Waals surface area (Å²) in [5.74, 6) is 0. The molecule has 0 N–H and O–H groups in total. The summed E-state index contributed by atoms with van der Waals surface area (Å²) >= 11 is 0. The first-order chi connectivity index (χ1) is 8.83. The highest BCUT2D eigenvalue weighted by Gasteiger charge is 2.06. The van der Waals surface area contributed by atoms with Crippen LogP contribution in [0.15, 0.2) is 30.3 Å². The SMILES string of the molecule is [2H]C([2H])([2H])[N+](Cc1ccccc1)(C([2H])([2H])[2H])C([2H])([2H])[2H]. The van der Waals surface area contributed by atoms with Crippen molar-refractivity contribution in [3.63, 3.8) is 0 Å². The largest absolute Gasteiger partial charge is 0.327 e. The Kier molecular flexibility index (Phi) is 0.648. The molecule has 0 saturated carbocycles. The van der Waals surface area contributed by atoms with Gasteiger partial charge in [0.15, 0.2) is 0 Å². The minimum atomic E-state index is -3.20. The number of benzene rings is 1. The zero-order valence-electron chi connectivity index (χ0n) is 15.0. The van der Waals surface area contributed by atoms with Gasteiger partial charge in [0.1, 0.15) is 6.54 Å². The van der Waals surface area contributed by atoms with Gasteiger partial charge < -0.3 is 4.48 Å². The molecule has 1 heteroatoms. The van der Waals surface area contributed by atoms with Crippen molar-refractivity contribution in [1.82, 2.24) is 0 Å². The van der Waals surface area contributed by atoms with Crippen LogP contribution in [0.5, 0.6) is 0 Å². The predicted molar refractivity (Wildman–Crippen MR) is 48.2 cm³/mol. The molecular formula is C10H16N+. The lowest BCUT2D eigenvalue weighted by Crippen LogP contribution is -2.33. The predicted octanol–water partition coefficient (Wildman–Crippen LogP) is 1.89. The molecule has 0 bridgehead atoms. The van der Waals surface area contributed by atoms with E-state index >= 15 is 0 Å². The molecule has 1 aromatic rings. The highest BCUT2D eigenvalue weighted by molar-refractivity contribution is 5.13. The summed E-state index contributed by atoms with van der Waals surface area (Å²) in [7, 11) is 0. The Bertz CT molecular complexity index is 406. The lowest BCUT2D eigenvalue weighted by molar-refractivity contribution is -0.884. The Morgan fingerprint density at radius 3 is 2.36 bits per heavy atom. The summed E-state index contributed by atoms with van der Waals surface area (Å²) in [5, 5.41) is 0. The molecule has 0 radical (unpaired) electrons. The zero-order chi connectivity index (χ0) is 15.8. The van der Waals surface area contributed by atoms with Gasteiger partial charge in [0.05, 0.1) is 33.3 Å². The van der Waals surface area contributed by atoms with Crippen molar-refractivity contribution in [2.75, 3.05) is 20.9 Å². The Hall–Kier alpha value is -0.820. The second-order valence-electron chi connectivity index (χ2n) is 2.45. The molecule has 1 aromatic carbocycles. The van der Waals surface area contributed by atoms with Gasteiger partial charge in [-0.1, -0.05) is 30.3 Å². The van der Waals surface area contributed by atoms with Gasteiger partial charge in [-0.2, -0.15) is 0 Å². The van der Waals surface area contributed by atoms with Crippen LogP contribution in [-0.2, 0) is 6.54 Å². The van der Waals surface area contributed by atoms with E-state index in [1.54, 1.807) is 18.2 Å². The topological polar surface area (TPSA) is 0 Å². The number of quaternary nitrogens is 1. The molecule has 1 nitrogen and oxygen atoms in total. The third kappa shape index (κ3) is 3.19. The van der Waals surface area contributed by atoms with E-state index < -0.39 is 32.0 Å². The number of hydrogen-bond acceptors (Lipinski definition) is 0. The first-order valence-corrected chi connectivity index (χ1v) is 3.25. The Morgan fingerprint density at radius 2 is 1.82 bits per heavy atom. The van der Waals surface area contributed by atoms with Crippen LogP contribution in [0, 0.1) is 0 Å². The summed E-state index contributed by atoms with van der Waals surface area (Å²) in [4.78, 5) is 0. The molecule has 0 spiro atoms. The average Bonchev–Trinajstić information content (AvgIpc) is 2.22. The van der Waals surface area contributed by atoms with Crippen molar-refractivity contribution in [3.05, 3.63) is 35.9 Å². The highest BCUT2D eigenvalue weighted by atomic mass is 15.3. The highest BCUT2D eigenvalue weighted by Crippen LogP contribution is 2.04. The van der Waals surface area contributed by atoms with Crippen LogP contribution in [0.2, 0.25) is 0 Å². The van der Waals surface area contributed by atoms with Crippen LogP contribution in [0.1, 0.15) is 17.9 Å². The van der Waals surface area contributed by atoms with E-state index in [0.717, 1.165) is 0 Å². The fourth-order valence-corrected chi connectivity index (χ4v) is 0.857. The molecule has 11 heavy (non-hydrogen) atoms. The second-order valence-corrected chi connectivity index (χ2v) is 2.45. The van der Waals surface area contributed by atoms with Crippen LogP contribution in [0.25, 0.3) is 0 Å². The van der Waals surface area contributed by atoms with Crippen LogP contribution in [0.3, 0.4) is 0 Å². The van der Waals surface area contributed by atoms with E-state index in [-0.39, 0.29) is 0 Å². The Labute approximate surface area is 81.5 Å². The average molecular weight is 159 g/mol. The monoisotopic (exact) mass is 159 g/mol. The maximum absolute atomic E-state index is 7.48. The summed E-state index contributed by atoms with van der Waals surface area (Å²) < 4.78 is 65.4. The van der Waals surface area contributed by atoms with Gasteiger partial charge in [0.25, 0.3) is 0 Å². The van der Waals surface area contributed by atoms with Crippen molar-refractivity contribution in [2.45, 2.75) is 6.54 Å². The molecule has 0 heterocycles. The molecule has 0 aromatic heterocycles. The molecule has 0 aliphatic carbocycles. The van der Waals surface area contributed by atoms with Crippen molar-refractivity contribution in [2.24, 2.45) is 0 Å². The quantitative estimate of drug-likeness (QED) is 0.578. The van der Waals surface area contributed by atoms with Crippen LogP contribution >= 0.6 is 0 Å². The molecule has 1 rings (SSSR count). The fraction of sp³-hybridized carbons (Fsp3) is 0.400. The van der Waals surface area contributed by atoms with E-state index in [1.165, 1.54) is 12.1 Å². The van der Waals surface area contributed by atoms with Crippen LogP contribution in [0.4, 0.5) is 0 Å². The first-order valence-electron chi connectivity index (χ1n) is 7.75. The maximum atomic E-state index is 7.48. The van der Waals surface area contributed by atoms with Gasteiger partial charge >= 0.3 is 0 Å². The Morgan fingerprint density at radius 1 is 1.18 bits per heavy atom. The molecule has 0 aliphatic heterocycles. The maximum Gasteiger partial charge on any atom is 0.104 e. The van der Waals surface area contributed by atoms with Gasteiger partial charge in [-0.3, -0.25) is 0 Å². The molecule has 0 aliphatic rings. The second kappa shape index (κ2) is 3.05. The number of nitrogens with zero attached hydrogens (tertiary/aromatic N) is 1. The van der Waals surface area contributed by atoms with Crippen molar-refractivity contribution in [3.8, 4) is 0 Å². The van der Waals surface area contributed by atoms with Crippen molar-refractivity contribution < 1.29 is 16.8 Å². The molecule has 0 unspecified atom stereocenters. The van der Waals surface area contributed by atoms with Crippen molar-refractivity contribution in [1.29, 1.82) is 0 Å². The molecule has 60 valence electrons. The number of rotatable bonds is 2. The number of hydrogen-bond donors (Lipinski definition) is 0. The van der Waals surface area contributed by atoms with E-state index in [1.807, 2.05) is 0 Å². The minimum Gasteiger partial charge on any atom is -0.327 e. The summed E-state index contributed by atoms with van der Waals surface area (Å²) in [6, 6.07) is 7.90. The fourth-order valence-electron chi connectivity index (χ4n) is 0.857. The Balaban J connectivity index is 3.48. The standard InChI is InChI=1S/C10H16N/c1-11(2,3)9-10-7-5-4-6-8-10/h4-8H,9H2,1-3H3/q+1/i1D3,2D3,3D3. The summed E-state index contributed by atoms with van der Waals surface area (Å²) in [6.45, 7) is -10.2. The first kappa shape index (κ1) is 2.33. The molecule has 0 fully saturated rings. The summed E-state index contributed by atoms with van der Waals surface area (Å²) in [6.07, 6.45) is 0. The van der Waals surface area contributed by atoms with Crippen LogP contribution < -0.4 is 0 Å². The van der Waals surface area contributed by atoms with Gasteiger partial charge in [-0.15, -0.1) is 0 Å². The van der Waals surface area contributed by atoms with Gasteiger partial charge in [-0.05, 0) is 0 Å². The van der Waals surface area contributed by atoms with Gasteiger partial charge in [-0.25, -0.2) is 0 Å². The van der Waals surface area contributed by atoms with E-state index in [9.17, 15) is 0 Å². The van der Waals surface area contributed by atoms with Gasteiger partial charge in [0, 0.05) is 5.56 Å². The zero-order valence-corrected chi connectivity index (χ0v) is 6.04. The molecular weight excluding hydrogens is 134 g/mol. The molecule has 0 amide bonds. The lowest BCUT2D eigenvalue weighted by atomic mass is 10.2. The summed E-state index contributed by atoms with van der Waals surface area (Å²) in [5.41, 5.74) is 0.343. The van der Waals surface area contributed by atoms with Crippen molar-refractivity contribution >= 4 is 0 Å². The smallest absolute Gasteiger partial charge is 0.104 e. The van der Waals surface area contributed by atoms with E-state index in [4.69, 9.17) is 12.3 Å². The lowest BCUT2D eigenvalue weighted by Gasteiger charge is -2.23. The minimum absolute atomic E-state index is 0.343.